The molecule has 2 bridgehead atoms. The number of fused-ring (bicyclic) bond motifs is 2. The monoisotopic (exact) mass is 330 g/mol. The lowest BCUT2D eigenvalue weighted by Gasteiger charge is -2.41. The van der Waals surface area contributed by atoms with E-state index in [0.29, 0.717) is 24.7 Å². The maximum absolute atomic E-state index is 9.87. The Balaban J connectivity index is 1.84. The maximum Gasteiger partial charge on any atom is 0.0702 e. The van der Waals surface area contributed by atoms with Crippen LogP contribution in [0, 0.1) is 0 Å². The van der Waals surface area contributed by atoms with Crippen LogP contribution >= 0.6 is 27.3 Å². The Labute approximate surface area is 120 Å². The molecule has 2 aliphatic rings. The van der Waals surface area contributed by atoms with Crippen LogP contribution in [0.2, 0.25) is 0 Å². The van der Waals surface area contributed by atoms with Crippen molar-refractivity contribution in [2.24, 2.45) is 5.73 Å². The van der Waals surface area contributed by atoms with Gasteiger partial charge in [-0.3, -0.25) is 4.90 Å². The number of halogens is 1. The molecule has 0 aromatic carbocycles. The number of hydrogen-bond donors (Lipinski definition) is 2. The molecule has 2 aliphatic heterocycles. The normalized spacial score (nSPS) is 33.8. The lowest BCUT2D eigenvalue weighted by atomic mass is 9.97. The number of nitrogens with two attached hydrogens (primary N) is 1. The van der Waals surface area contributed by atoms with Crippen molar-refractivity contribution >= 4 is 27.3 Å². The van der Waals surface area contributed by atoms with Crippen LogP contribution in [0.1, 0.15) is 36.6 Å². The topological polar surface area (TPSA) is 49.5 Å². The molecule has 3 N–H and O–H groups in total. The highest BCUT2D eigenvalue weighted by Gasteiger charge is 2.43. The predicted octanol–water partition coefficient (Wildman–Crippen LogP) is 2.50. The molecule has 3 unspecified atom stereocenters. The molecular formula is C13H19BrN2OS. The second-order valence-electron chi connectivity index (χ2n) is 5.35. The van der Waals surface area contributed by atoms with Gasteiger partial charge in [-0.25, -0.2) is 0 Å². The molecule has 3 nitrogen and oxygen atoms in total. The molecule has 1 aromatic rings. The van der Waals surface area contributed by atoms with Crippen LogP contribution in [0.25, 0.3) is 0 Å². The van der Waals surface area contributed by atoms with Gasteiger partial charge in [0.1, 0.15) is 0 Å². The van der Waals surface area contributed by atoms with Gasteiger partial charge in [0, 0.05) is 23.5 Å². The summed E-state index contributed by atoms with van der Waals surface area (Å²) in [6, 6.07) is 5.65. The summed E-state index contributed by atoms with van der Waals surface area (Å²) in [7, 11) is 0. The van der Waals surface area contributed by atoms with Crippen LogP contribution in [-0.2, 0) is 0 Å². The van der Waals surface area contributed by atoms with Gasteiger partial charge in [-0.15, -0.1) is 11.3 Å². The number of piperidine rings is 1. The van der Waals surface area contributed by atoms with Gasteiger partial charge in [-0.2, -0.15) is 0 Å². The van der Waals surface area contributed by atoms with E-state index in [1.165, 1.54) is 21.5 Å². The third kappa shape index (κ3) is 2.27. The second kappa shape index (κ2) is 5.21. The molecule has 2 fully saturated rings. The molecule has 0 amide bonds. The van der Waals surface area contributed by atoms with E-state index in [1.54, 1.807) is 11.3 Å². The smallest absolute Gasteiger partial charge is 0.0702 e. The van der Waals surface area contributed by atoms with Crippen molar-refractivity contribution in [3.63, 3.8) is 0 Å². The Morgan fingerprint density at radius 2 is 2.06 bits per heavy atom. The summed E-state index contributed by atoms with van der Waals surface area (Å²) in [4.78, 5) is 3.92. The molecule has 1 aromatic heterocycles. The number of aliphatic hydroxyl groups excluding tert-OH is 1. The zero-order valence-electron chi connectivity index (χ0n) is 10.3. The molecule has 3 rings (SSSR count). The summed E-state index contributed by atoms with van der Waals surface area (Å²) in [5, 5.41) is 9.87. The van der Waals surface area contributed by atoms with Gasteiger partial charge in [0.15, 0.2) is 0 Å². The molecule has 0 spiro atoms. The van der Waals surface area contributed by atoms with Crippen molar-refractivity contribution in [3.05, 3.63) is 20.8 Å². The van der Waals surface area contributed by atoms with Gasteiger partial charge in [-0.05, 0) is 53.7 Å². The van der Waals surface area contributed by atoms with Crippen LogP contribution in [0.5, 0.6) is 0 Å². The van der Waals surface area contributed by atoms with Crippen molar-refractivity contribution < 1.29 is 5.11 Å². The zero-order valence-corrected chi connectivity index (χ0v) is 12.7. The lowest BCUT2D eigenvalue weighted by molar-refractivity contribution is 0.0124. The molecule has 3 heterocycles. The van der Waals surface area contributed by atoms with Crippen LogP contribution in [-0.4, -0.2) is 34.7 Å². The van der Waals surface area contributed by atoms with E-state index in [9.17, 15) is 5.11 Å². The summed E-state index contributed by atoms with van der Waals surface area (Å²) in [6.07, 6.45) is 4.15. The van der Waals surface area contributed by atoms with Crippen LogP contribution in [0.4, 0.5) is 0 Å². The van der Waals surface area contributed by atoms with E-state index in [2.05, 4.69) is 33.0 Å². The molecule has 0 radical (unpaired) electrons. The highest BCUT2D eigenvalue weighted by molar-refractivity contribution is 9.11. The Bertz CT molecular complexity index is 411. The summed E-state index contributed by atoms with van der Waals surface area (Å²) in [6.45, 7) is 0.663. The van der Waals surface area contributed by atoms with Crippen molar-refractivity contribution in [1.29, 1.82) is 0 Å². The van der Waals surface area contributed by atoms with Gasteiger partial charge in [0.05, 0.1) is 15.9 Å². The second-order valence-corrected chi connectivity index (χ2v) is 7.85. The maximum atomic E-state index is 9.87. The number of hydrogen-bond acceptors (Lipinski definition) is 4. The van der Waals surface area contributed by atoms with E-state index in [0.717, 1.165) is 12.8 Å². The average Bonchev–Trinajstić information content (AvgIpc) is 2.85. The van der Waals surface area contributed by atoms with Crippen molar-refractivity contribution in [3.8, 4) is 0 Å². The first-order valence-electron chi connectivity index (χ1n) is 6.60. The number of thiophene rings is 1. The molecule has 18 heavy (non-hydrogen) atoms. The molecule has 0 aliphatic carbocycles. The minimum Gasteiger partial charge on any atom is -0.393 e. The van der Waals surface area contributed by atoms with E-state index in [4.69, 9.17) is 5.73 Å². The van der Waals surface area contributed by atoms with Gasteiger partial charge in [0.25, 0.3) is 0 Å². The van der Waals surface area contributed by atoms with E-state index >= 15 is 0 Å². The first kappa shape index (κ1) is 13.1. The standard InChI is InChI=1S/C13H19BrN2OS/c14-13-4-3-12(18-13)11(7-15)16-8-1-2-9(16)6-10(17)5-8/h3-4,8-11,17H,1-2,5-7,15H2. The fourth-order valence-corrected chi connectivity index (χ4v) is 5.13. The number of rotatable bonds is 3. The first-order chi connectivity index (χ1) is 8.69. The van der Waals surface area contributed by atoms with Gasteiger partial charge < -0.3 is 10.8 Å². The van der Waals surface area contributed by atoms with Gasteiger partial charge >= 0.3 is 0 Å². The molecule has 0 saturated carbocycles. The SMILES string of the molecule is NCC(c1ccc(Br)s1)N1C2CCC1CC(O)C2. The third-order valence-electron chi connectivity index (χ3n) is 4.27. The van der Waals surface area contributed by atoms with Crippen molar-refractivity contribution in [2.75, 3.05) is 6.54 Å². The Kier molecular flexibility index (Phi) is 3.78. The molecular weight excluding hydrogens is 312 g/mol. The van der Waals surface area contributed by atoms with Crippen LogP contribution in [0.3, 0.4) is 0 Å². The van der Waals surface area contributed by atoms with Crippen molar-refractivity contribution in [1.82, 2.24) is 4.90 Å². The Morgan fingerprint density at radius 3 is 2.56 bits per heavy atom. The summed E-state index contributed by atoms with van der Waals surface area (Å²) in [5.74, 6) is 0. The van der Waals surface area contributed by atoms with Crippen LogP contribution in [0.15, 0.2) is 15.9 Å². The molecule has 2 saturated heterocycles. The summed E-state index contributed by atoms with van der Waals surface area (Å²) in [5.41, 5.74) is 6.02. The molecule has 5 heteroatoms. The largest absolute Gasteiger partial charge is 0.393 e. The number of aliphatic hydroxyl groups is 1. The highest BCUT2D eigenvalue weighted by Crippen LogP contribution is 2.42. The van der Waals surface area contributed by atoms with E-state index in [1.807, 2.05) is 0 Å². The van der Waals surface area contributed by atoms with Crippen LogP contribution < -0.4 is 5.73 Å². The average molecular weight is 331 g/mol. The zero-order chi connectivity index (χ0) is 12.7. The lowest BCUT2D eigenvalue weighted by Crippen LogP contribution is -2.48. The first-order valence-corrected chi connectivity index (χ1v) is 8.20. The van der Waals surface area contributed by atoms with Crippen molar-refractivity contribution in [2.45, 2.75) is 49.9 Å². The predicted molar refractivity (Wildman–Crippen MR) is 77.7 cm³/mol. The Morgan fingerprint density at radius 1 is 1.39 bits per heavy atom. The Hall–Kier alpha value is 0.0600. The summed E-state index contributed by atoms with van der Waals surface area (Å²) < 4.78 is 1.17. The quantitative estimate of drug-likeness (QED) is 0.895. The summed E-state index contributed by atoms with van der Waals surface area (Å²) >= 11 is 5.31. The highest BCUT2D eigenvalue weighted by atomic mass is 79.9. The molecule has 3 atom stereocenters. The fraction of sp³-hybridized carbons (Fsp3) is 0.692. The van der Waals surface area contributed by atoms with Gasteiger partial charge in [-0.1, -0.05) is 0 Å². The fourth-order valence-electron chi connectivity index (χ4n) is 3.59. The van der Waals surface area contributed by atoms with E-state index < -0.39 is 0 Å². The minimum absolute atomic E-state index is 0.104. The number of nitrogens with zero attached hydrogens (tertiary/aromatic N) is 1. The molecule has 100 valence electrons. The van der Waals surface area contributed by atoms with E-state index in [-0.39, 0.29) is 6.10 Å². The van der Waals surface area contributed by atoms with Gasteiger partial charge in [0.2, 0.25) is 0 Å². The minimum atomic E-state index is -0.104. The third-order valence-corrected chi connectivity index (χ3v) is 6.00.